The van der Waals surface area contributed by atoms with E-state index in [4.69, 9.17) is 0 Å². The van der Waals surface area contributed by atoms with E-state index < -0.39 is 23.5 Å². The van der Waals surface area contributed by atoms with E-state index in [0.29, 0.717) is 35.4 Å². The highest BCUT2D eigenvalue weighted by Gasteiger charge is 2.37. The standard InChI is InChI=1S/C21H18F4N4O/c1-12-2-4-16(21(23,24)25)15(8-12)20(30)29-7-6-14(11-29)27-19-10-26-18-9-13(22)3-5-17(18)28-19/h2-5,8-10,14H,6-7,11H2,1H3,(H,27,28). The Kier molecular flexibility index (Phi) is 5.05. The second-order valence-electron chi connectivity index (χ2n) is 7.32. The Morgan fingerprint density at radius 3 is 2.73 bits per heavy atom. The van der Waals surface area contributed by atoms with Gasteiger partial charge in [-0.25, -0.2) is 9.37 Å². The maximum atomic E-state index is 13.3. The number of aryl methyl sites for hydroxylation is 1. The van der Waals surface area contributed by atoms with Crippen molar-refractivity contribution >= 4 is 22.8 Å². The number of carbonyl (C=O) groups excluding carboxylic acids is 1. The van der Waals surface area contributed by atoms with Crippen molar-refractivity contribution in [1.82, 2.24) is 14.9 Å². The summed E-state index contributed by atoms with van der Waals surface area (Å²) >= 11 is 0. The van der Waals surface area contributed by atoms with Crippen LogP contribution in [0.2, 0.25) is 0 Å². The number of halogens is 4. The highest BCUT2D eigenvalue weighted by molar-refractivity contribution is 5.96. The summed E-state index contributed by atoms with van der Waals surface area (Å²) in [4.78, 5) is 22.8. The van der Waals surface area contributed by atoms with Gasteiger partial charge < -0.3 is 10.2 Å². The third-order valence-corrected chi connectivity index (χ3v) is 5.04. The third kappa shape index (κ3) is 4.05. The fraction of sp³-hybridized carbons (Fsp3) is 0.286. The number of aromatic nitrogens is 2. The minimum atomic E-state index is -4.60. The van der Waals surface area contributed by atoms with Crippen molar-refractivity contribution in [1.29, 1.82) is 0 Å². The first-order valence-corrected chi connectivity index (χ1v) is 9.37. The molecule has 1 fully saturated rings. The summed E-state index contributed by atoms with van der Waals surface area (Å²) < 4.78 is 53.2. The number of hydrogen-bond acceptors (Lipinski definition) is 4. The molecule has 1 aliphatic rings. The number of alkyl halides is 3. The molecule has 0 radical (unpaired) electrons. The number of hydrogen-bond donors (Lipinski definition) is 1. The molecule has 1 aliphatic heterocycles. The van der Waals surface area contributed by atoms with E-state index in [1.54, 1.807) is 6.92 Å². The molecule has 4 rings (SSSR count). The number of anilines is 1. The summed E-state index contributed by atoms with van der Waals surface area (Å²) in [5, 5.41) is 3.16. The number of likely N-dealkylation sites (tertiary alicyclic amines) is 1. The van der Waals surface area contributed by atoms with Crippen LogP contribution in [0.15, 0.2) is 42.6 Å². The van der Waals surface area contributed by atoms with E-state index in [2.05, 4.69) is 15.3 Å². The van der Waals surface area contributed by atoms with Crippen molar-refractivity contribution in [2.75, 3.05) is 18.4 Å². The van der Waals surface area contributed by atoms with Crippen LogP contribution in [0.25, 0.3) is 11.0 Å². The van der Waals surface area contributed by atoms with Crippen LogP contribution in [-0.4, -0.2) is 39.9 Å². The number of carbonyl (C=O) groups is 1. The molecule has 1 amide bonds. The lowest BCUT2D eigenvalue weighted by atomic mass is 10.0. The number of nitrogens with zero attached hydrogens (tertiary/aromatic N) is 3. The molecule has 5 nitrogen and oxygen atoms in total. The molecule has 0 bridgehead atoms. The van der Waals surface area contributed by atoms with Crippen molar-refractivity contribution < 1.29 is 22.4 Å². The molecule has 9 heteroatoms. The van der Waals surface area contributed by atoms with Crippen LogP contribution in [0.1, 0.15) is 27.9 Å². The number of nitrogens with one attached hydrogen (secondary N) is 1. The van der Waals surface area contributed by atoms with Gasteiger partial charge in [0.25, 0.3) is 5.91 Å². The Balaban J connectivity index is 1.49. The molecular weight excluding hydrogens is 400 g/mol. The lowest BCUT2D eigenvalue weighted by Crippen LogP contribution is -2.33. The molecule has 156 valence electrons. The van der Waals surface area contributed by atoms with Gasteiger partial charge >= 0.3 is 6.18 Å². The smallest absolute Gasteiger partial charge is 0.364 e. The first-order chi connectivity index (χ1) is 14.2. The third-order valence-electron chi connectivity index (χ3n) is 5.04. The average Bonchev–Trinajstić information content (AvgIpc) is 3.15. The summed E-state index contributed by atoms with van der Waals surface area (Å²) in [6.07, 6.45) is -2.58. The van der Waals surface area contributed by atoms with Gasteiger partial charge in [-0.1, -0.05) is 11.6 Å². The van der Waals surface area contributed by atoms with Crippen LogP contribution in [0.3, 0.4) is 0 Å². The fourth-order valence-corrected chi connectivity index (χ4v) is 3.58. The number of benzene rings is 2. The second-order valence-corrected chi connectivity index (χ2v) is 7.32. The maximum absolute atomic E-state index is 13.3. The van der Waals surface area contributed by atoms with Gasteiger partial charge in [0.1, 0.15) is 11.6 Å². The van der Waals surface area contributed by atoms with Crippen molar-refractivity contribution in [2.24, 2.45) is 0 Å². The van der Waals surface area contributed by atoms with E-state index in [9.17, 15) is 22.4 Å². The molecule has 30 heavy (non-hydrogen) atoms. The van der Waals surface area contributed by atoms with E-state index in [1.165, 1.54) is 41.4 Å². The zero-order valence-electron chi connectivity index (χ0n) is 16.0. The van der Waals surface area contributed by atoms with E-state index in [-0.39, 0.29) is 18.2 Å². The zero-order valence-corrected chi connectivity index (χ0v) is 16.0. The molecule has 1 N–H and O–H groups in total. The minimum Gasteiger partial charge on any atom is -0.364 e. The fourth-order valence-electron chi connectivity index (χ4n) is 3.58. The molecule has 1 unspecified atom stereocenters. The SMILES string of the molecule is Cc1ccc(C(F)(F)F)c(C(=O)N2CCC(Nc3cnc4cc(F)ccc4n3)C2)c1. The molecule has 2 heterocycles. The lowest BCUT2D eigenvalue weighted by molar-refractivity contribution is -0.138. The predicted octanol–water partition coefficient (Wildman–Crippen LogP) is 4.42. The first kappa shape index (κ1) is 20.1. The molecule has 3 aromatic rings. The number of amides is 1. The molecule has 0 saturated carbocycles. The normalized spacial score (nSPS) is 16.8. The average molecular weight is 418 g/mol. The van der Waals surface area contributed by atoms with Crippen molar-refractivity contribution in [3.63, 3.8) is 0 Å². The van der Waals surface area contributed by atoms with E-state index in [1.807, 2.05) is 0 Å². The maximum Gasteiger partial charge on any atom is 0.417 e. The molecular formula is C21H18F4N4O. The van der Waals surface area contributed by atoms with Gasteiger partial charge in [0.15, 0.2) is 0 Å². The van der Waals surface area contributed by atoms with Gasteiger partial charge in [-0.15, -0.1) is 0 Å². The highest BCUT2D eigenvalue weighted by atomic mass is 19.4. The van der Waals surface area contributed by atoms with Gasteiger partial charge in [-0.3, -0.25) is 9.78 Å². The Morgan fingerprint density at radius 2 is 1.97 bits per heavy atom. The Hall–Kier alpha value is -3.23. The Bertz CT molecular complexity index is 1120. The molecule has 1 saturated heterocycles. The quantitative estimate of drug-likeness (QED) is 0.640. The summed E-state index contributed by atoms with van der Waals surface area (Å²) in [6.45, 7) is 2.22. The number of fused-ring (bicyclic) bond motifs is 1. The minimum absolute atomic E-state index is 0.180. The van der Waals surface area contributed by atoms with Crippen LogP contribution < -0.4 is 5.32 Å². The zero-order chi connectivity index (χ0) is 21.5. The summed E-state index contributed by atoms with van der Waals surface area (Å²) in [7, 11) is 0. The van der Waals surface area contributed by atoms with Crippen LogP contribution in [0.5, 0.6) is 0 Å². The van der Waals surface area contributed by atoms with Gasteiger partial charge in [0.2, 0.25) is 0 Å². The van der Waals surface area contributed by atoms with Crippen molar-refractivity contribution in [2.45, 2.75) is 25.6 Å². The number of rotatable bonds is 3. The van der Waals surface area contributed by atoms with Gasteiger partial charge in [-0.05, 0) is 37.6 Å². The molecule has 2 aromatic carbocycles. The van der Waals surface area contributed by atoms with E-state index in [0.717, 1.165) is 6.07 Å². The summed E-state index contributed by atoms with van der Waals surface area (Å²) in [5.74, 6) is -0.591. The lowest BCUT2D eigenvalue weighted by Gasteiger charge is -2.20. The summed E-state index contributed by atoms with van der Waals surface area (Å²) in [5.41, 5.74) is 0.255. The van der Waals surface area contributed by atoms with Crippen LogP contribution in [-0.2, 0) is 6.18 Å². The summed E-state index contributed by atoms with van der Waals surface area (Å²) in [6, 6.07) is 7.48. The Labute approximate surface area is 169 Å². The highest BCUT2D eigenvalue weighted by Crippen LogP contribution is 2.33. The topological polar surface area (TPSA) is 58.1 Å². The molecule has 1 aromatic heterocycles. The van der Waals surface area contributed by atoms with Crippen molar-refractivity contribution in [3.8, 4) is 0 Å². The molecule has 1 atom stereocenters. The largest absolute Gasteiger partial charge is 0.417 e. The van der Waals surface area contributed by atoms with Crippen molar-refractivity contribution in [3.05, 3.63) is 65.1 Å². The van der Waals surface area contributed by atoms with Gasteiger partial charge in [0, 0.05) is 25.2 Å². The van der Waals surface area contributed by atoms with Crippen LogP contribution in [0, 0.1) is 12.7 Å². The predicted molar refractivity (Wildman–Crippen MR) is 104 cm³/mol. The molecule has 0 aliphatic carbocycles. The first-order valence-electron chi connectivity index (χ1n) is 9.37. The van der Waals surface area contributed by atoms with Crippen LogP contribution >= 0.6 is 0 Å². The van der Waals surface area contributed by atoms with Gasteiger partial charge in [-0.2, -0.15) is 13.2 Å². The second kappa shape index (κ2) is 7.55. The van der Waals surface area contributed by atoms with E-state index >= 15 is 0 Å². The Morgan fingerprint density at radius 1 is 1.17 bits per heavy atom. The monoisotopic (exact) mass is 418 g/mol. The van der Waals surface area contributed by atoms with Crippen LogP contribution in [0.4, 0.5) is 23.4 Å². The molecule has 0 spiro atoms. The van der Waals surface area contributed by atoms with Gasteiger partial charge in [0.05, 0.1) is 28.4 Å².